The maximum Gasteiger partial charge on any atom is 0.405 e. The second-order valence-electron chi connectivity index (χ2n) is 7.94. The number of hydrogen-bond donors (Lipinski definition) is 3. The highest BCUT2D eigenvalue weighted by Crippen LogP contribution is 2.32. The van der Waals surface area contributed by atoms with Gasteiger partial charge in [0.15, 0.2) is 0 Å². The van der Waals surface area contributed by atoms with E-state index < -0.39 is 30.1 Å². The van der Waals surface area contributed by atoms with Gasteiger partial charge in [0.25, 0.3) is 5.92 Å². The fourth-order valence-electron chi connectivity index (χ4n) is 2.64. The summed E-state index contributed by atoms with van der Waals surface area (Å²) in [5.41, 5.74) is 5.15. The highest BCUT2D eigenvalue weighted by atomic mass is 19.3. The average Bonchev–Trinajstić information content (AvgIpc) is 2.67. The molecule has 2 rings (SSSR count). The lowest BCUT2D eigenvalue weighted by atomic mass is 10.0. The van der Waals surface area contributed by atoms with E-state index in [4.69, 9.17) is 10.5 Å². The number of nitrogens with one attached hydrogen (secondary N) is 1. The standard InChI is InChI=1S/C18H21F2NO2.C5H11NO2/c1-23-17-9-5-6-14(10-17)12-21-13-16(22)11-18(19,20)15-7-3-2-4-8-15;1-5(2,3)8-4(6)7/h2-10,16,21-22H,11-13H2,1H3;1-3H3,(H2,6,7). The van der Waals surface area contributed by atoms with Gasteiger partial charge in [0.1, 0.15) is 11.4 Å². The molecule has 8 heteroatoms. The molecule has 172 valence electrons. The summed E-state index contributed by atoms with van der Waals surface area (Å²) in [4.78, 5) is 10.0. The summed E-state index contributed by atoms with van der Waals surface area (Å²) in [7, 11) is 1.59. The third-order valence-corrected chi connectivity index (χ3v) is 3.94. The highest BCUT2D eigenvalue weighted by molar-refractivity contribution is 5.65. The monoisotopic (exact) mass is 438 g/mol. The minimum Gasteiger partial charge on any atom is -0.497 e. The van der Waals surface area contributed by atoms with Gasteiger partial charge in [-0.2, -0.15) is 0 Å². The fraction of sp³-hybridized carbons (Fsp3) is 0.435. The lowest BCUT2D eigenvalue weighted by Crippen LogP contribution is -2.31. The lowest BCUT2D eigenvalue weighted by Gasteiger charge is -2.20. The van der Waals surface area contributed by atoms with E-state index in [2.05, 4.69) is 10.1 Å². The Kier molecular flexibility index (Phi) is 10.4. The van der Waals surface area contributed by atoms with Crippen LogP contribution in [0.25, 0.3) is 0 Å². The molecule has 6 nitrogen and oxygen atoms in total. The Morgan fingerprint density at radius 2 is 1.77 bits per heavy atom. The number of amides is 1. The number of nitrogens with two attached hydrogens (primary N) is 1. The summed E-state index contributed by atoms with van der Waals surface area (Å²) in [6.45, 7) is 5.86. The zero-order chi connectivity index (χ0) is 23.5. The average molecular weight is 439 g/mol. The Labute approximate surface area is 182 Å². The number of methoxy groups -OCH3 is 1. The van der Waals surface area contributed by atoms with Gasteiger partial charge in [-0.3, -0.25) is 0 Å². The molecular weight excluding hydrogens is 406 g/mol. The van der Waals surface area contributed by atoms with Crippen molar-refractivity contribution < 1.29 is 28.2 Å². The van der Waals surface area contributed by atoms with Gasteiger partial charge in [0.2, 0.25) is 0 Å². The molecule has 0 aliphatic rings. The van der Waals surface area contributed by atoms with E-state index in [1.54, 1.807) is 46.1 Å². The molecule has 1 unspecified atom stereocenters. The van der Waals surface area contributed by atoms with Crippen LogP contribution in [0, 0.1) is 0 Å². The van der Waals surface area contributed by atoms with Gasteiger partial charge < -0.3 is 25.6 Å². The van der Waals surface area contributed by atoms with Crippen molar-refractivity contribution in [3.8, 4) is 5.75 Å². The first kappa shape index (κ1) is 26.3. The molecule has 2 aromatic carbocycles. The molecule has 0 aromatic heterocycles. The summed E-state index contributed by atoms with van der Waals surface area (Å²) < 4.78 is 37.8. The molecule has 0 saturated heterocycles. The quantitative estimate of drug-likeness (QED) is 0.574. The predicted molar refractivity (Wildman–Crippen MR) is 116 cm³/mol. The molecule has 4 N–H and O–H groups in total. The van der Waals surface area contributed by atoms with Crippen LogP contribution in [0.1, 0.15) is 38.3 Å². The second-order valence-corrected chi connectivity index (χ2v) is 7.94. The summed E-state index contributed by atoms with van der Waals surface area (Å²) in [6.07, 6.45) is -2.46. The minimum absolute atomic E-state index is 0.0770. The summed E-state index contributed by atoms with van der Waals surface area (Å²) >= 11 is 0. The molecule has 1 amide bonds. The van der Waals surface area contributed by atoms with Crippen LogP contribution in [0.5, 0.6) is 5.75 Å². The number of aliphatic hydroxyl groups excluding tert-OH is 1. The Morgan fingerprint density at radius 1 is 1.13 bits per heavy atom. The number of ether oxygens (including phenoxy) is 2. The van der Waals surface area contributed by atoms with Crippen molar-refractivity contribution in [3.05, 3.63) is 65.7 Å². The molecule has 0 spiro atoms. The first-order valence-corrected chi connectivity index (χ1v) is 9.86. The molecule has 1 atom stereocenters. The van der Waals surface area contributed by atoms with Crippen LogP contribution in [0.4, 0.5) is 13.6 Å². The normalized spacial score (nSPS) is 12.4. The first-order valence-electron chi connectivity index (χ1n) is 9.86. The van der Waals surface area contributed by atoms with Crippen molar-refractivity contribution in [1.82, 2.24) is 5.32 Å². The van der Waals surface area contributed by atoms with Crippen molar-refractivity contribution >= 4 is 6.09 Å². The molecular formula is C23H32F2N2O4. The van der Waals surface area contributed by atoms with Crippen LogP contribution in [0.15, 0.2) is 54.6 Å². The largest absolute Gasteiger partial charge is 0.497 e. The van der Waals surface area contributed by atoms with E-state index in [0.717, 1.165) is 11.3 Å². The fourth-order valence-corrected chi connectivity index (χ4v) is 2.64. The minimum atomic E-state index is -3.04. The number of halogens is 2. The Bertz CT molecular complexity index is 796. The Morgan fingerprint density at radius 3 is 2.29 bits per heavy atom. The number of carbonyl (C=O) groups excluding carboxylic acids is 1. The van der Waals surface area contributed by atoms with Crippen molar-refractivity contribution in [3.63, 3.8) is 0 Å². The maximum atomic E-state index is 14.1. The van der Waals surface area contributed by atoms with Crippen molar-refractivity contribution in [2.24, 2.45) is 5.73 Å². The number of primary amides is 1. The van der Waals surface area contributed by atoms with Gasteiger partial charge in [-0.25, -0.2) is 13.6 Å². The van der Waals surface area contributed by atoms with Gasteiger partial charge >= 0.3 is 6.09 Å². The van der Waals surface area contributed by atoms with Gasteiger partial charge in [-0.15, -0.1) is 0 Å². The van der Waals surface area contributed by atoms with Crippen molar-refractivity contribution in [2.45, 2.75) is 51.4 Å². The summed E-state index contributed by atoms with van der Waals surface area (Å²) in [6, 6.07) is 15.0. The topological polar surface area (TPSA) is 93.8 Å². The molecule has 0 heterocycles. The van der Waals surface area contributed by atoms with Gasteiger partial charge in [0, 0.05) is 25.1 Å². The molecule has 0 fully saturated rings. The van der Waals surface area contributed by atoms with Crippen LogP contribution in [-0.4, -0.2) is 36.6 Å². The van der Waals surface area contributed by atoms with Crippen LogP contribution in [0.2, 0.25) is 0 Å². The molecule has 0 saturated carbocycles. The van der Waals surface area contributed by atoms with Crippen LogP contribution in [0.3, 0.4) is 0 Å². The third-order valence-electron chi connectivity index (χ3n) is 3.94. The Hall–Kier alpha value is -2.71. The third kappa shape index (κ3) is 11.3. The zero-order valence-electron chi connectivity index (χ0n) is 18.4. The van der Waals surface area contributed by atoms with E-state index in [-0.39, 0.29) is 12.1 Å². The molecule has 0 aliphatic heterocycles. The smallest absolute Gasteiger partial charge is 0.405 e. The lowest BCUT2D eigenvalue weighted by molar-refractivity contribution is -0.0493. The Balaban J connectivity index is 0.000000512. The second kappa shape index (κ2) is 12.2. The van der Waals surface area contributed by atoms with Gasteiger partial charge in [-0.05, 0) is 38.5 Å². The van der Waals surface area contributed by atoms with E-state index in [1.807, 2.05) is 24.3 Å². The molecule has 2 aromatic rings. The number of benzene rings is 2. The van der Waals surface area contributed by atoms with E-state index >= 15 is 0 Å². The van der Waals surface area contributed by atoms with Crippen LogP contribution >= 0.6 is 0 Å². The van der Waals surface area contributed by atoms with Gasteiger partial charge in [-0.1, -0.05) is 42.5 Å². The number of hydrogen-bond acceptors (Lipinski definition) is 5. The number of rotatable bonds is 8. The van der Waals surface area contributed by atoms with Crippen molar-refractivity contribution in [1.29, 1.82) is 0 Å². The first-order chi connectivity index (χ1) is 14.4. The summed E-state index contributed by atoms with van der Waals surface area (Å²) in [5.74, 6) is -2.31. The van der Waals surface area contributed by atoms with E-state index in [1.165, 1.54) is 12.1 Å². The van der Waals surface area contributed by atoms with Crippen molar-refractivity contribution in [2.75, 3.05) is 13.7 Å². The van der Waals surface area contributed by atoms with E-state index in [9.17, 15) is 18.7 Å². The van der Waals surface area contributed by atoms with E-state index in [0.29, 0.717) is 6.54 Å². The predicted octanol–water partition coefficient (Wildman–Crippen LogP) is 4.21. The maximum absolute atomic E-state index is 14.1. The summed E-state index contributed by atoms with van der Waals surface area (Å²) in [5, 5.41) is 12.8. The zero-order valence-corrected chi connectivity index (χ0v) is 18.4. The van der Waals surface area contributed by atoms with Crippen LogP contribution < -0.4 is 15.8 Å². The molecule has 0 aliphatic carbocycles. The number of carbonyl (C=O) groups is 1. The SMILES string of the molecule is CC(C)(C)OC(N)=O.COc1cccc(CNCC(O)CC(F)(F)c2ccccc2)c1. The molecule has 0 radical (unpaired) electrons. The van der Waals surface area contributed by atoms with Crippen LogP contribution in [-0.2, 0) is 17.2 Å². The number of alkyl halides is 2. The molecule has 0 bridgehead atoms. The molecule has 31 heavy (non-hydrogen) atoms. The number of aliphatic hydroxyl groups is 1. The highest BCUT2D eigenvalue weighted by Gasteiger charge is 2.33. The van der Waals surface area contributed by atoms with Gasteiger partial charge in [0.05, 0.1) is 13.2 Å².